The number of carbonyl (C=O) groups is 3. The first-order valence-corrected chi connectivity index (χ1v) is 18.1. The van der Waals surface area contributed by atoms with E-state index in [-0.39, 0.29) is 33.9 Å². The van der Waals surface area contributed by atoms with Gasteiger partial charge in [0.15, 0.2) is 0 Å². The zero-order valence-electron chi connectivity index (χ0n) is 27.8. The molecule has 2 N–H and O–H groups in total. The van der Waals surface area contributed by atoms with E-state index in [0.29, 0.717) is 33.9 Å². The summed E-state index contributed by atoms with van der Waals surface area (Å²) in [6.45, 7) is 3.29. The molecular formula is C39H32ClF2N5O4S. The van der Waals surface area contributed by atoms with Gasteiger partial charge in [0.1, 0.15) is 17.5 Å². The molecule has 2 aromatic heterocycles. The number of nitrogens with one attached hydrogen (secondary N) is 2. The van der Waals surface area contributed by atoms with E-state index in [2.05, 4.69) is 20.5 Å². The van der Waals surface area contributed by atoms with Gasteiger partial charge in [-0.3, -0.25) is 14.4 Å². The molecule has 8 rings (SSSR count). The van der Waals surface area contributed by atoms with Crippen LogP contribution in [0.3, 0.4) is 0 Å². The Hall–Kier alpha value is -5.17. The fourth-order valence-electron chi connectivity index (χ4n) is 7.18. The Bertz CT molecular complexity index is 2210. The number of benzene rings is 3. The van der Waals surface area contributed by atoms with Crippen LogP contribution < -0.4 is 20.4 Å². The third-order valence-electron chi connectivity index (χ3n) is 9.92. The molecule has 0 saturated carbocycles. The molecule has 3 aliphatic rings. The van der Waals surface area contributed by atoms with Crippen molar-refractivity contribution >= 4 is 63.5 Å². The molecule has 3 amide bonds. The molecule has 9 nitrogen and oxygen atoms in total. The van der Waals surface area contributed by atoms with Crippen LogP contribution in [0.5, 0.6) is 0 Å². The number of halogens is 3. The van der Waals surface area contributed by atoms with Crippen molar-refractivity contribution in [1.82, 2.24) is 4.98 Å². The van der Waals surface area contributed by atoms with Crippen LogP contribution in [-0.2, 0) is 11.2 Å². The van der Waals surface area contributed by atoms with Crippen LogP contribution in [0.15, 0.2) is 85.1 Å². The number of anilines is 4. The molecule has 0 radical (unpaired) electrons. The van der Waals surface area contributed by atoms with Crippen molar-refractivity contribution in [2.75, 3.05) is 53.3 Å². The minimum absolute atomic E-state index is 0.0853. The van der Waals surface area contributed by atoms with Crippen molar-refractivity contribution in [3.8, 4) is 10.4 Å². The fraction of sp³-hybridized carbons (Fsp3) is 0.231. The summed E-state index contributed by atoms with van der Waals surface area (Å²) in [6, 6.07) is 20.6. The van der Waals surface area contributed by atoms with Crippen molar-refractivity contribution in [1.29, 1.82) is 0 Å². The lowest BCUT2D eigenvalue weighted by Crippen LogP contribution is -2.59. The number of fused-ring (bicyclic) bond motifs is 3. The molecule has 5 aromatic rings. The van der Waals surface area contributed by atoms with Gasteiger partial charge in [-0.25, -0.2) is 13.8 Å². The van der Waals surface area contributed by atoms with E-state index in [9.17, 15) is 18.8 Å². The van der Waals surface area contributed by atoms with E-state index < -0.39 is 29.4 Å². The Morgan fingerprint density at radius 1 is 0.865 bits per heavy atom. The number of hydrogen-bond donors (Lipinski definition) is 2. The predicted molar refractivity (Wildman–Crippen MR) is 198 cm³/mol. The van der Waals surface area contributed by atoms with E-state index in [1.807, 2.05) is 12.1 Å². The number of carbonyl (C=O) groups excluding carboxylic acids is 3. The Morgan fingerprint density at radius 2 is 1.67 bits per heavy atom. The van der Waals surface area contributed by atoms with Crippen LogP contribution in [0.25, 0.3) is 10.4 Å². The average molecular weight is 740 g/mol. The van der Waals surface area contributed by atoms with Gasteiger partial charge >= 0.3 is 0 Å². The minimum atomic E-state index is -0.777. The zero-order chi connectivity index (χ0) is 36.0. The summed E-state index contributed by atoms with van der Waals surface area (Å²) in [7, 11) is 0. The highest BCUT2D eigenvalue weighted by Crippen LogP contribution is 2.44. The van der Waals surface area contributed by atoms with Crippen molar-refractivity contribution in [2.45, 2.75) is 19.3 Å². The largest absolute Gasteiger partial charge is 0.381 e. The van der Waals surface area contributed by atoms with Gasteiger partial charge in [-0.15, -0.1) is 11.3 Å². The first-order valence-electron chi connectivity index (χ1n) is 16.9. The number of para-hydroxylation sites is 2. The molecule has 0 bridgehead atoms. The Kier molecular flexibility index (Phi) is 8.98. The third-order valence-corrected chi connectivity index (χ3v) is 11.4. The number of rotatable bonds is 6. The van der Waals surface area contributed by atoms with Gasteiger partial charge in [-0.2, -0.15) is 0 Å². The Morgan fingerprint density at radius 3 is 2.46 bits per heavy atom. The molecule has 2 fully saturated rings. The van der Waals surface area contributed by atoms with Crippen LogP contribution in [0.1, 0.15) is 48.8 Å². The van der Waals surface area contributed by atoms with Gasteiger partial charge in [0.05, 0.1) is 32.4 Å². The zero-order valence-corrected chi connectivity index (χ0v) is 29.3. The SMILES string of the molecule is O=C(Nc1c(F)cccc1Cl)c1cc2c(s1)-c1ccccc1N(C(=O)c1ccc(NC(=O)c3cccnc3N3CC4(CCOCC4)C3)cc1F)CC2. The maximum atomic E-state index is 15.7. The number of aromatic nitrogens is 1. The van der Waals surface area contributed by atoms with E-state index in [4.69, 9.17) is 16.3 Å². The monoisotopic (exact) mass is 739 g/mol. The van der Waals surface area contributed by atoms with Crippen molar-refractivity contribution < 1.29 is 27.9 Å². The maximum Gasteiger partial charge on any atom is 0.265 e. The third kappa shape index (κ3) is 6.31. The quantitative estimate of drug-likeness (QED) is 0.183. The number of thiophene rings is 1. The van der Waals surface area contributed by atoms with Crippen LogP contribution >= 0.6 is 22.9 Å². The molecule has 264 valence electrons. The number of pyridine rings is 1. The molecule has 13 heteroatoms. The molecule has 0 aliphatic carbocycles. The van der Waals surface area contributed by atoms with Gasteiger partial charge in [0, 0.05) is 60.6 Å². The summed E-state index contributed by atoms with van der Waals surface area (Å²) in [6.07, 6.45) is 4.00. The molecule has 3 aromatic carbocycles. The molecular weight excluding hydrogens is 708 g/mol. The molecule has 3 aliphatic heterocycles. The predicted octanol–water partition coefficient (Wildman–Crippen LogP) is 8.07. The van der Waals surface area contributed by atoms with E-state index in [1.165, 1.54) is 46.6 Å². The van der Waals surface area contributed by atoms with Gasteiger partial charge in [-0.05, 0) is 79.4 Å². The highest BCUT2D eigenvalue weighted by atomic mass is 35.5. The van der Waals surface area contributed by atoms with E-state index in [0.717, 1.165) is 55.7 Å². The van der Waals surface area contributed by atoms with E-state index >= 15 is 4.39 Å². The van der Waals surface area contributed by atoms with Crippen molar-refractivity contribution in [3.05, 3.63) is 123 Å². The van der Waals surface area contributed by atoms with E-state index in [1.54, 1.807) is 36.5 Å². The number of ether oxygens (including phenoxy) is 1. The Labute approximate surface area is 307 Å². The first-order chi connectivity index (χ1) is 25.2. The average Bonchev–Trinajstić information content (AvgIpc) is 3.50. The normalized spacial score (nSPS) is 16.0. The number of nitrogens with zero attached hydrogens (tertiary/aromatic N) is 3. The standard InChI is InChI=1S/C39H32ClF2N5O4S/c40-28-7-3-8-29(41)33(28)45-37(49)32-19-23-12-16-47(31-9-2-1-5-26(31)34(23)52-32)38(50)25-11-10-24(20-30(25)42)44-36(48)27-6-4-15-43-35(27)46-21-39(22-46)13-17-51-18-14-39/h1-11,15,19-20H,12-14,16-18,21-22H2,(H,44,48)(H,45,49). The lowest BCUT2D eigenvalue weighted by molar-refractivity contribution is -0.000510. The molecule has 52 heavy (non-hydrogen) atoms. The first kappa shape index (κ1) is 33.9. The second-order valence-corrected chi connectivity index (χ2v) is 14.7. The van der Waals surface area contributed by atoms with Crippen LogP contribution in [0.4, 0.5) is 31.7 Å². The second-order valence-electron chi connectivity index (χ2n) is 13.2. The van der Waals surface area contributed by atoms with Gasteiger partial charge in [-0.1, -0.05) is 35.9 Å². The van der Waals surface area contributed by atoms with Crippen molar-refractivity contribution in [2.24, 2.45) is 5.41 Å². The summed E-state index contributed by atoms with van der Waals surface area (Å²) in [4.78, 5) is 49.8. The fourth-order valence-corrected chi connectivity index (χ4v) is 8.53. The highest BCUT2D eigenvalue weighted by Gasteiger charge is 2.45. The number of amides is 3. The maximum absolute atomic E-state index is 15.7. The van der Waals surface area contributed by atoms with Gasteiger partial charge in [0.25, 0.3) is 17.7 Å². The summed E-state index contributed by atoms with van der Waals surface area (Å²) in [5, 5.41) is 5.44. The smallest absolute Gasteiger partial charge is 0.265 e. The van der Waals surface area contributed by atoms with Gasteiger partial charge in [0.2, 0.25) is 0 Å². The summed E-state index contributed by atoms with van der Waals surface area (Å²) in [5.74, 6) is -2.31. The minimum Gasteiger partial charge on any atom is -0.381 e. The summed E-state index contributed by atoms with van der Waals surface area (Å²) in [5.41, 5.74) is 2.63. The topological polar surface area (TPSA) is 104 Å². The molecule has 2 saturated heterocycles. The molecule has 0 unspecified atom stereocenters. The summed E-state index contributed by atoms with van der Waals surface area (Å²) >= 11 is 7.34. The lowest BCUT2D eigenvalue weighted by atomic mass is 9.73. The van der Waals surface area contributed by atoms with Crippen LogP contribution in [-0.4, -0.2) is 55.6 Å². The lowest BCUT2D eigenvalue weighted by Gasteiger charge is -2.53. The number of hydrogen-bond acceptors (Lipinski definition) is 7. The van der Waals surface area contributed by atoms with Gasteiger partial charge < -0.3 is 25.2 Å². The second kappa shape index (κ2) is 13.8. The molecule has 0 atom stereocenters. The van der Waals surface area contributed by atoms with Crippen LogP contribution in [0, 0.1) is 17.0 Å². The molecule has 1 spiro atoms. The summed E-state index contributed by atoms with van der Waals surface area (Å²) < 4.78 is 35.6. The Balaban J connectivity index is 0.989. The highest BCUT2D eigenvalue weighted by molar-refractivity contribution is 7.17. The van der Waals surface area contributed by atoms with Crippen LogP contribution in [0.2, 0.25) is 5.02 Å². The molecule has 5 heterocycles. The van der Waals surface area contributed by atoms with Crippen molar-refractivity contribution in [3.63, 3.8) is 0 Å².